The van der Waals surface area contributed by atoms with Crippen molar-refractivity contribution >= 4 is 42.6 Å². The molecule has 0 aliphatic rings. The van der Waals surface area contributed by atoms with Crippen molar-refractivity contribution in [3.05, 3.63) is 46.5 Å². The van der Waals surface area contributed by atoms with Crippen molar-refractivity contribution in [1.82, 2.24) is 9.66 Å². The molecule has 150 valence electrons. The summed E-state index contributed by atoms with van der Waals surface area (Å²) in [4.78, 5) is 3.47. The number of nitrogens with two attached hydrogens (primary N) is 2. The van der Waals surface area contributed by atoms with Gasteiger partial charge in [0.15, 0.2) is 5.76 Å². The molecule has 0 aliphatic heterocycles. The van der Waals surface area contributed by atoms with E-state index < -0.39 is 20.0 Å². The van der Waals surface area contributed by atoms with Crippen LogP contribution in [0.1, 0.15) is 11.1 Å². The molecule has 1 aromatic heterocycles. The maximum Gasteiger partial charge on any atom is 0.253 e. The van der Waals surface area contributed by atoms with E-state index in [1.165, 1.54) is 18.2 Å². The second kappa shape index (κ2) is 7.12. The lowest BCUT2D eigenvalue weighted by Gasteiger charge is -2.08. The van der Waals surface area contributed by atoms with Gasteiger partial charge in [-0.3, -0.25) is 11.7 Å². The minimum absolute atomic E-state index is 0.0317. The maximum atomic E-state index is 12.1. The fourth-order valence-electron chi connectivity index (χ4n) is 2.83. The van der Waals surface area contributed by atoms with Crippen LogP contribution in [-0.2, 0) is 20.0 Å². The Hall–Kier alpha value is -1.99. The minimum atomic E-state index is -3.90. The predicted molar refractivity (Wildman–Crippen MR) is 105 cm³/mol. The van der Waals surface area contributed by atoms with Crippen molar-refractivity contribution in [2.24, 2.45) is 11.7 Å². The maximum absolute atomic E-state index is 12.1. The molecule has 2 aromatic carbocycles. The molecular formula is C16H17ClN4O5S2. The Labute approximate surface area is 166 Å². The van der Waals surface area contributed by atoms with E-state index in [0.29, 0.717) is 27.7 Å². The summed E-state index contributed by atoms with van der Waals surface area (Å²) in [5.74, 6) is 10.4. The molecule has 3 rings (SSSR count). The molecule has 6 N–H and O–H groups in total. The van der Waals surface area contributed by atoms with Gasteiger partial charge in [-0.1, -0.05) is 23.7 Å². The summed E-state index contributed by atoms with van der Waals surface area (Å²) in [6.45, 7) is 3.21. The Morgan fingerprint density at radius 1 is 0.893 bits per heavy atom. The number of hydrogen-bond donors (Lipinski definition) is 4. The number of hydrazine groups is 2. The van der Waals surface area contributed by atoms with Crippen LogP contribution < -0.4 is 21.3 Å². The Balaban J connectivity index is 2.26. The van der Waals surface area contributed by atoms with E-state index in [4.69, 9.17) is 27.7 Å². The van der Waals surface area contributed by atoms with E-state index in [1.807, 2.05) is 0 Å². The average molecular weight is 445 g/mol. The third-order valence-corrected chi connectivity index (χ3v) is 7.30. The summed E-state index contributed by atoms with van der Waals surface area (Å²) in [5.41, 5.74) is 1.61. The van der Waals surface area contributed by atoms with Crippen LogP contribution in [0, 0.1) is 13.8 Å². The van der Waals surface area contributed by atoms with Crippen LogP contribution in [0.5, 0.6) is 0 Å². The first-order valence-corrected chi connectivity index (χ1v) is 11.1. The van der Waals surface area contributed by atoms with Gasteiger partial charge in [0.2, 0.25) is 0 Å². The van der Waals surface area contributed by atoms with Gasteiger partial charge in [-0.05, 0) is 43.2 Å². The summed E-state index contributed by atoms with van der Waals surface area (Å²) in [5, 5.41) is 0.481. The van der Waals surface area contributed by atoms with Gasteiger partial charge < -0.3 is 4.42 Å². The van der Waals surface area contributed by atoms with Gasteiger partial charge in [-0.25, -0.2) is 16.8 Å². The minimum Gasteiger partial charge on any atom is -0.454 e. The molecule has 0 saturated carbocycles. The zero-order valence-electron chi connectivity index (χ0n) is 14.8. The van der Waals surface area contributed by atoms with Gasteiger partial charge in [-0.2, -0.15) is 9.66 Å². The van der Waals surface area contributed by atoms with Crippen LogP contribution in [0.2, 0.25) is 5.02 Å². The molecule has 0 bridgehead atoms. The van der Waals surface area contributed by atoms with E-state index in [0.717, 1.165) is 0 Å². The van der Waals surface area contributed by atoms with Crippen molar-refractivity contribution in [1.29, 1.82) is 0 Å². The number of aryl methyl sites for hydroxylation is 2. The Kier molecular flexibility index (Phi) is 5.27. The molecule has 0 fully saturated rings. The molecule has 28 heavy (non-hydrogen) atoms. The fraction of sp³-hybridized carbons (Fsp3) is 0.125. The third kappa shape index (κ3) is 3.42. The summed E-state index contributed by atoms with van der Waals surface area (Å²) >= 11 is 6.42. The average Bonchev–Trinajstić information content (AvgIpc) is 2.97. The Morgan fingerprint density at radius 2 is 1.46 bits per heavy atom. The van der Waals surface area contributed by atoms with Gasteiger partial charge in [0.1, 0.15) is 5.58 Å². The van der Waals surface area contributed by atoms with Crippen molar-refractivity contribution in [3.8, 4) is 11.3 Å². The highest BCUT2D eigenvalue weighted by Crippen LogP contribution is 2.40. The first kappa shape index (κ1) is 20.7. The van der Waals surface area contributed by atoms with Crippen LogP contribution >= 0.6 is 11.6 Å². The van der Waals surface area contributed by atoms with E-state index >= 15 is 0 Å². The van der Waals surface area contributed by atoms with E-state index in [-0.39, 0.29) is 20.6 Å². The molecule has 0 aliphatic carbocycles. The van der Waals surface area contributed by atoms with Crippen molar-refractivity contribution in [3.63, 3.8) is 0 Å². The zero-order chi connectivity index (χ0) is 20.9. The molecule has 0 unspecified atom stereocenters. The van der Waals surface area contributed by atoms with E-state index in [1.54, 1.807) is 35.6 Å². The third-order valence-electron chi connectivity index (χ3n) is 4.26. The standard InChI is InChI=1S/C16H17ClN4O5S2/c1-8-3-4-10(6-13(8)27(22,23)20-18)16-15(17)11-7-14(28(24,25)21-19)9(2)5-12(11)26-16/h3-7,20-21H,18-19H2,1-2H3. The molecule has 3 aromatic rings. The quantitative estimate of drug-likeness (QED) is 0.344. The summed E-state index contributed by atoms with van der Waals surface area (Å²) in [6.07, 6.45) is 0. The van der Waals surface area contributed by atoms with Crippen LogP contribution in [-0.4, -0.2) is 16.8 Å². The van der Waals surface area contributed by atoms with Gasteiger partial charge in [0.25, 0.3) is 20.0 Å². The smallest absolute Gasteiger partial charge is 0.253 e. The molecule has 0 amide bonds. The van der Waals surface area contributed by atoms with Gasteiger partial charge in [0, 0.05) is 10.9 Å². The Bertz CT molecular complexity index is 1300. The number of fused-ring (bicyclic) bond motifs is 1. The SMILES string of the molecule is Cc1ccc(-c2oc3cc(C)c(S(=O)(=O)NN)cc3c2Cl)cc1S(=O)(=O)NN. The van der Waals surface area contributed by atoms with Crippen LogP contribution in [0.4, 0.5) is 0 Å². The first-order chi connectivity index (χ1) is 13.0. The second-order valence-electron chi connectivity index (χ2n) is 6.08. The first-order valence-electron chi connectivity index (χ1n) is 7.80. The number of hydrogen-bond acceptors (Lipinski definition) is 7. The molecule has 12 heteroatoms. The van der Waals surface area contributed by atoms with Gasteiger partial charge in [-0.15, -0.1) is 0 Å². The van der Waals surface area contributed by atoms with Gasteiger partial charge in [0.05, 0.1) is 14.8 Å². The number of sulfonamides is 2. The second-order valence-corrected chi connectivity index (χ2v) is 9.82. The van der Waals surface area contributed by atoms with E-state index in [2.05, 4.69) is 0 Å². The molecule has 1 heterocycles. The van der Waals surface area contributed by atoms with Crippen LogP contribution in [0.15, 0.2) is 44.5 Å². The van der Waals surface area contributed by atoms with Crippen molar-refractivity contribution in [2.75, 3.05) is 0 Å². The number of rotatable bonds is 5. The van der Waals surface area contributed by atoms with Gasteiger partial charge >= 0.3 is 0 Å². The lowest BCUT2D eigenvalue weighted by Crippen LogP contribution is -2.30. The molecule has 0 saturated heterocycles. The van der Waals surface area contributed by atoms with Crippen LogP contribution in [0.3, 0.4) is 0 Å². The zero-order valence-corrected chi connectivity index (χ0v) is 17.2. The monoisotopic (exact) mass is 444 g/mol. The predicted octanol–water partition coefficient (Wildman–Crippen LogP) is 1.67. The lowest BCUT2D eigenvalue weighted by molar-refractivity contribution is 0.582. The normalized spacial score (nSPS) is 12.6. The lowest BCUT2D eigenvalue weighted by atomic mass is 10.1. The topological polar surface area (TPSA) is 158 Å². The van der Waals surface area contributed by atoms with Crippen molar-refractivity contribution in [2.45, 2.75) is 23.6 Å². The molecule has 0 atom stereocenters. The van der Waals surface area contributed by atoms with Crippen molar-refractivity contribution < 1.29 is 21.3 Å². The highest BCUT2D eigenvalue weighted by atomic mass is 35.5. The largest absolute Gasteiger partial charge is 0.454 e. The number of benzene rings is 2. The summed E-state index contributed by atoms with van der Waals surface area (Å²) in [7, 11) is -7.80. The molecule has 0 radical (unpaired) electrons. The highest BCUT2D eigenvalue weighted by molar-refractivity contribution is 7.89. The molecular weight excluding hydrogens is 428 g/mol. The van der Waals surface area contributed by atoms with Crippen LogP contribution in [0.25, 0.3) is 22.3 Å². The van der Waals surface area contributed by atoms with E-state index in [9.17, 15) is 16.8 Å². The number of halogens is 1. The summed E-state index contributed by atoms with van der Waals surface area (Å²) in [6, 6.07) is 7.47. The molecule has 9 nitrogen and oxygen atoms in total. The fourth-order valence-corrected chi connectivity index (χ4v) is 4.91. The molecule has 0 spiro atoms. The summed E-state index contributed by atoms with van der Waals surface area (Å²) < 4.78 is 54.2. The number of furan rings is 1. The Morgan fingerprint density at radius 3 is 2.04 bits per heavy atom. The highest BCUT2D eigenvalue weighted by Gasteiger charge is 2.23. The number of nitrogens with one attached hydrogen (secondary N) is 2.